The van der Waals surface area contributed by atoms with Crippen LogP contribution in [0.3, 0.4) is 0 Å². The standard InChI is InChI=1S/C16H21N9/c1-2-23-11-20-22-14(23)12-5-3-7-24(9-12)15-13(17)16(19-10-18-15)25-8-4-6-21-25/h4,6,8,10-12H,2-3,5,7,9,17H2,1H3/t12-/m1/s1. The number of rotatable bonds is 4. The second kappa shape index (κ2) is 6.50. The predicted octanol–water partition coefficient (Wildman–Crippen LogP) is 1.24. The van der Waals surface area contributed by atoms with Crippen molar-refractivity contribution in [1.29, 1.82) is 0 Å². The van der Waals surface area contributed by atoms with Gasteiger partial charge in [-0.15, -0.1) is 10.2 Å². The molecule has 0 unspecified atom stereocenters. The first kappa shape index (κ1) is 15.6. The number of nitrogen functional groups attached to an aromatic ring is 1. The number of hydrogen-bond donors (Lipinski definition) is 1. The molecule has 0 radical (unpaired) electrons. The fraction of sp³-hybridized carbons (Fsp3) is 0.438. The number of piperidine rings is 1. The molecule has 1 saturated heterocycles. The van der Waals surface area contributed by atoms with Gasteiger partial charge in [-0.05, 0) is 25.8 Å². The number of anilines is 2. The maximum atomic E-state index is 6.36. The Hall–Kier alpha value is -2.97. The Balaban J connectivity index is 1.63. The van der Waals surface area contributed by atoms with Crippen LogP contribution in [0.25, 0.3) is 5.82 Å². The summed E-state index contributed by atoms with van der Waals surface area (Å²) in [6.07, 6.45) is 9.01. The summed E-state index contributed by atoms with van der Waals surface area (Å²) in [5, 5.41) is 12.6. The molecular weight excluding hydrogens is 318 g/mol. The first-order valence-corrected chi connectivity index (χ1v) is 8.51. The fourth-order valence-electron chi connectivity index (χ4n) is 3.41. The molecule has 0 amide bonds. The zero-order valence-corrected chi connectivity index (χ0v) is 14.2. The minimum Gasteiger partial charge on any atom is -0.393 e. The first-order chi connectivity index (χ1) is 12.3. The molecule has 3 aromatic rings. The van der Waals surface area contributed by atoms with Crippen molar-refractivity contribution in [3.63, 3.8) is 0 Å². The molecule has 0 bridgehead atoms. The molecule has 1 atom stereocenters. The highest BCUT2D eigenvalue weighted by atomic mass is 15.3. The van der Waals surface area contributed by atoms with E-state index in [0.29, 0.717) is 17.4 Å². The lowest BCUT2D eigenvalue weighted by atomic mass is 9.97. The van der Waals surface area contributed by atoms with Gasteiger partial charge in [-0.2, -0.15) is 5.10 Å². The minimum atomic E-state index is 0.318. The monoisotopic (exact) mass is 339 g/mol. The average Bonchev–Trinajstić information content (AvgIpc) is 3.33. The van der Waals surface area contributed by atoms with Crippen LogP contribution in [0.2, 0.25) is 0 Å². The van der Waals surface area contributed by atoms with Crippen LogP contribution in [0, 0.1) is 0 Å². The quantitative estimate of drug-likeness (QED) is 0.762. The highest BCUT2D eigenvalue weighted by Gasteiger charge is 2.27. The van der Waals surface area contributed by atoms with Crippen molar-refractivity contribution in [3.05, 3.63) is 36.9 Å². The molecule has 1 aliphatic rings. The van der Waals surface area contributed by atoms with Crippen LogP contribution >= 0.6 is 0 Å². The molecule has 4 rings (SSSR count). The van der Waals surface area contributed by atoms with Crippen LogP contribution in [0.15, 0.2) is 31.1 Å². The van der Waals surface area contributed by atoms with Crippen molar-refractivity contribution in [3.8, 4) is 5.82 Å². The van der Waals surface area contributed by atoms with E-state index < -0.39 is 0 Å². The van der Waals surface area contributed by atoms with Gasteiger partial charge in [0.25, 0.3) is 0 Å². The van der Waals surface area contributed by atoms with Crippen LogP contribution in [-0.4, -0.2) is 47.6 Å². The van der Waals surface area contributed by atoms with Gasteiger partial charge >= 0.3 is 0 Å². The summed E-state index contributed by atoms with van der Waals surface area (Å²) in [5.74, 6) is 2.72. The summed E-state index contributed by atoms with van der Waals surface area (Å²) in [4.78, 5) is 10.9. The molecule has 25 heavy (non-hydrogen) atoms. The Morgan fingerprint density at radius 2 is 2.16 bits per heavy atom. The van der Waals surface area contributed by atoms with Crippen molar-refractivity contribution < 1.29 is 0 Å². The summed E-state index contributed by atoms with van der Waals surface area (Å²) in [7, 11) is 0. The summed E-state index contributed by atoms with van der Waals surface area (Å²) < 4.78 is 3.77. The molecule has 2 N–H and O–H groups in total. The third-order valence-electron chi connectivity index (χ3n) is 4.64. The van der Waals surface area contributed by atoms with E-state index in [1.54, 1.807) is 23.5 Å². The van der Waals surface area contributed by atoms with Gasteiger partial charge in [0.05, 0.1) is 0 Å². The third-order valence-corrected chi connectivity index (χ3v) is 4.64. The Labute approximate surface area is 145 Å². The van der Waals surface area contributed by atoms with Crippen molar-refractivity contribution in [2.45, 2.75) is 32.2 Å². The average molecular weight is 339 g/mol. The van der Waals surface area contributed by atoms with E-state index in [9.17, 15) is 0 Å². The number of aryl methyl sites for hydroxylation is 1. The lowest BCUT2D eigenvalue weighted by molar-refractivity contribution is 0.471. The van der Waals surface area contributed by atoms with Gasteiger partial charge in [0.15, 0.2) is 11.6 Å². The molecule has 0 aromatic carbocycles. The van der Waals surface area contributed by atoms with Gasteiger partial charge in [0, 0.05) is 37.9 Å². The summed E-state index contributed by atoms with van der Waals surface area (Å²) in [6.45, 7) is 4.71. The number of nitrogens with zero attached hydrogens (tertiary/aromatic N) is 8. The largest absolute Gasteiger partial charge is 0.393 e. The lowest BCUT2D eigenvalue weighted by Gasteiger charge is -2.33. The van der Waals surface area contributed by atoms with Crippen molar-refractivity contribution in [1.82, 2.24) is 34.5 Å². The highest BCUT2D eigenvalue weighted by molar-refractivity contribution is 5.70. The van der Waals surface area contributed by atoms with Crippen molar-refractivity contribution in [2.75, 3.05) is 23.7 Å². The Morgan fingerprint density at radius 3 is 2.96 bits per heavy atom. The SMILES string of the molecule is CCn1cnnc1[C@@H]1CCCN(c2ncnc(-n3cccn3)c2N)C1. The zero-order valence-electron chi connectivity index (χ0n) is 14.2. The van der Waals surface area contributed by atoms with Gasteiger partial charge in [-0.25, -0.2) is 14.6 Å². The highest BCUT2D eigenvalue weighted by Crippen LogP contribution is 2.32. The summed E-state index contributed by atoms with van der Waals surface area (Å²) in [5.41, 5.74) is 6.91. The number of aromatic nitrogens is 7. The van der Waals surface area contributed by atoms with E-state index in [2.05, 4.69) is 41.7 Å². The molecule has 130 valence electrons. The van der Waals surface area contributed by atoms with Crippen molar-refractivity contribution >= 4 is 11.5 Å². The predicted molar refractivity (Wildman–Crippen MR) is 93.5 cm³/mol. The molecule has 0 aliphatic carbocycles. The topological polar surface area (TPSA) is 104 Å². The van der Waals surface area contributed by atoms with E-state index in [4.69, 9.17) is 5.73 Å². The second-order valence-corrected chi connectivity index (χ2v) is 6.15. The lowest BCUT2D eigenvalue weighted by Crippen LogP contribution is -2.36. The molecule has 0 saturated carbocycles. The van der Waals surface area contributed by atoms with Crippen LogP contribution in [0.1, 0.15) is 31.5 Å². The van der Waals surface area contributed by atoms with Gasteiger partial charge < -0.3 is 15.2 Å². The van der Waals surface area contributed by atoms with Crippen molar-refractivity contribution in [2.24, 2.45) is 0 Å². The van der Waals surface area contributed by atoms with Crippen LogP contribution in [-0.2, 0) is 6.54 Å². The zero-order chi connectivity index (χ0) is 17.2. The maximum Gasteiger partial charge on any atom is 0.181 e. The molecular formula is C16H21N9. The second-order valence-electron chi connectivity index (χ2n) is 6.15. The molecule has 1 aliphatic heterocycles. The first-order valence-electron chi connectivity index (χ1n) is 8.51. The van der Waals surface area contributed by atoms with Gasteiger partial charge in [0.2, 0.25) is 0 Å². The summed E-state index contributed by atoms with van der Waals surface area (Å²) in [6, 6.07) is 1.84. The number of hydrogen-bond acceptors (Lipinski definition) is 7. The Kier molecular flexibility index (Phi) is 4.04. The normalized spacial score (nSPS) is 17.8. The van der Waals surface area contributed by atoms with E-state index in [1.165, 1.54) is 0 Å². The number of nitrogens with two attached hydrogens (primary N) is 1. The van der Waals surface area contributed by atoms with E-state index in [1.807, 2.05) is 12.3 Å². The molecule has 4 heterocycles. The Morgan fingerprint density at radius 1 is 1.28 bits per heavy atom. The molecule has 9 heteroatoms. The molecule has 1 fully saturated rings. The van der Waals surface area contributed by atoms with Gasteiger partial charge in [-0.1, -0.05) is 0 Å². The van der Waals surface area contributed by atoms with E-state index in [0.717, 1.165) is 44.1 Å². The van der Waals surface area contributed by atoms with Gasteiger partial charge in [-0.3, -0.25) is 0 Å². The maximum absolute atomic E-state index is 6.36. The van der Waals surface area contributed by atoms with E-state index in [-0.39, 0.29) is 0 Å². The minimum absolute atomic E-state index is 0.318. The van der Waals surface area contributed by atoms with Crippen LogP contribution in [0.4, 0.5) is 11.5 Å². The summed E-state index contributed by atoms with van der Waals surface area (Å²) >= 11 is 0. The van der Waals surface area contributed by atoms with Gasteiger partial charge in [0.1, 0.15) is 24.2 Å². The van der Waals surface area contributed by atoms with Crippen LogP contribution < -0.4 is 10.6 Å². The van der Waals surface area contributed by atoms with E-state index >= 15 is 0 Å². The Bertz CT molecular complexity index is 839. The fourth-order valence-corrected chi connectivity index (χ4v) is 3.41. The smallest absolute Gasteiger partial charge is 0.181 e. The third kappa shape index (κ3) is 2.81. The molecule has 9 nitrogen and oxygen atoms in total. The van der Waals surface area contributed by atoms with Crippen LogP contribution in [0.5, 0.6) is 0 Å². The molecule has 0 spiro atoms. The molecule has 3 aromatic heterocycles.